The minimum Gasteiger partial charge on any atom is -0.550 e. The van der Waals surface area contributed by atoms with Crippen molar-refractivity contribution < 1.29 is 49.0 Å². The molecule has 0 aliphatic carbocycles. The van der Waals surface area contributed by atoms with E-state index in [2.05, 4.69) is 0 Å². The van der Waals surface area contributed by atoms with E-state index < -0.39 is 41.6 Å². The molecule has 206 valence electrons. The zero-order valence-corrected chi connectivity index (χ0v) is 21.5. The molecule has 0 amide bonds. The number of esters is 1. The number of hydrogen-bond donors (Lipinski definition) is 3. The van der Waals surface area contributed by atoms with Crippen molar-refractivity contribution in [3.8, 4) is 0 Å². The van der Waals surface area contributed by atoms with Gasteiger partial charge in [0, 0.05) is 30.8 Å². The normalized spacial score (nSPS) is 30.1. The van der Waals surface area contributed by atoms with Crippen LogP contribution in [-0.2, 0) is 28.6 Å². The van der Waals surface area contributed by atoms with Crippen molar-refractivity contribution in [3.05, 3.63) is 11.6 Å². The van der Waals surface area contributed by atoms with Crippen LogP contribution in [0.5, 0.6) is 0 Å². The monoisotopic (exact) mass is 513 g/mol. The van der Waals surface area contributed by atoms with Gasteiger partial charge in [-0.3, -0.25) is 4.79 Å². The summed E-state index contributed by atoms with van der Waals surface area (Å²) in [6.07, 6.45) is 2.58. The Labute approximate surface area is 212 Å². The highest BCUT2D eigenvalue weighted by Gasteiger charge is 2.55. The van der Waals surface area contributed by atoms with Crippen molar-refractivity contribution in [2.75, 3.05) is 13.2 Å². The van der Waals surface area contributed by atoms with Crippen molar-refractivity contribution in [3.63, 3.8) is 0 Å². The average Bonchev–Trinajstić information content (AvgIpc) is 3.56. The van der Waals surface area contributed by atoms with Crippen LogP contribution in [0, 0.1) is 5.92 Å². The minimum atomic E-state index is -1.77. The van der Waals surface area contributed by atoms with Gasteiger partial charge >= 0.3 is 5.97 Å². The molecule has 10 nitrogen and oxygen atoms in total. The van der Waals surface area contributed by atoms with Crippen LogP contribution in [0.15, 0.2) is 11.6 Å². The summed E-state index contributed by atoms with van der Waals surface area (Å²) < 4.78 is 16.3. The second-order valence-electron chi connectivity index (χ2n) is 10.3. The molecule has 0 spiro atoms. The van der Waals surface area contributed by atoms with E-state index >= 15 is 0 Å². The molecule has 0 aromatic carbocycles. The highest BCUT2D eigenvalue weighted by molar-refractivity contribution is 5.89. The van der Waals surface area contributed by atoms with Crippen molar-refractivity contribution in [2.45, 2.75) is 115 Å². The minimum absolute atomic E-state index is 0.0231. The number of ether oxygens (including phenoxy) is 3. The van der Waals surface area contributed by atoms with Gasteiger partial charge in [0.1, 0.15) is 17.8 Å². The summed E-state index contributed by atoms with van der Waals surface area (Å²) in [6.45, 7) is 5.18. The van der Waals surface area contributed by atoms with E-state index in [1.165, 1.54) is 6.08 Å². The van der Waals surface area contributed by atoms with Gasteiger partial charge < -0.3 is 39.4 Å². The van der Waals surface area contributed by atoms with E-state index in [1.807, 2.05) is 6.92 Å². The van der Waals surface area contributed by atoms with Gasteiger partial charge in [-0.05, 0) is 33.1 Å². The molecular weight excluding hydrogens is 472 g/mol. The number of carbonyl (C=O) groups excluding carboxylic acids is 3. The highest BCUT2D eigenvalue weighted by atomic mass is 16.6. The van der Waals surface area contributed by atoms with Gasteiger partial charge in [-0.15, -0.1) is 0 Å². The Morgan fingerprint density at radius 3 is 2.47 bits per heavy atom. The smallest absolute Gasteiger partial charge is 0.330 e. The van der Waals surface area contributed by atoms with E-state index in [0.717, 1.165) is 25.7 Å². The lowest BCUT2D eigenvalue weighted by atomic mass is 9.82. The van der Waals surface area contributed by atoms with Gasteiger partial charge in [0.25, 0.3) is 0 Å². The molecule has 3 N–H and O–H groups in total. The average molecular weight is 514 g/mol. The Kier molecular flexibility index (Phi) is 12.0. The number of aliphatic hydroxyl groups is 3. The predicted molar refractivity (Wildman–Crippen MR) is 126 cm³/mol. The quantitative estimate of drug-likeness (QED) is 0.115. The number of carboxylic acids is 1. The van der Waals surface area contributed by atoms with Gasteiger partial charge in [-0.25, -0.2) is 4.79 Å². The van der Waals surface area contributed by atoms with Gasteiger partial charge in [-0.2, -0.15) is 0 Å². The summed E-state index contributed by atoms with van der Waals surface area (Å²) >= 11 is 0. The highest BCUT2D eigenvalue weighted by Crippen LogP contribution is 2.39. The summed E-state index contributed by atoms with van der Waals surface area (Å²) in [4.78, 5) is 35.0. The maximum Gasteiger partial charge on any atom is 0.330 e. The Morgan fingerprint density at radius 1 is 1.19 bits per heavy atom. The molecule has 36 heavy (non-hydrogen) atoms. The molecule has 2 aliphatic heterocycles. The first-order chi connectivity index (χ1) is 16.9. The Bertz CT molecular complexity index is 779. The fraction of sp³-hybridized carbons (Fsp3) is 0.808. The van der Waals surface area contributed by atoms with Gasteiger partial charge in [0.05, 0.1) is 31.5 Å². The van der Waals surface area contributed by atoms with Crippen LogP contribution in [0.25, 0.3) is 0 Å². The maximum atomic E-state index is 12.7. The summed E-state index contributed by atoms with van der Waals surface area (Å²) in [5.74, 6) is -2.33. The second-order valence-corrected chi connectivity index (χ2v) is 10.3. The van der Waals surface area contributed by atoms with Crippen LogP contribution >= 0.6 is 0 Å². The third kappa shape index (κ3) is 9.55. The van der Waals surface area contributed by atoms with Gasteiger partial charge in [-0.1, -0.05) is 38.2 Å². The first kappa shape index (κ1) is 30.4. The van der Waals surface area contributed by atoms with Gasteiger partial charge in [0.15, 0.2) is 5.78 Å². The molecule has 0 aromatic heterocycles. The Hall–Kier alpha value is -1.85. The van der Waals surface area contributed by atoms with Crippen molar-refractivity contribution in [2.24, 2.45) is 5.92 Å². The lowest BCUT2D eigenvalue weighted by molar-refractivity contribution is -0.305. The van der Waals surface area contributed by atoms with Crippen LogP contribution in [0.4, 0.5) is 0 Å². The molecule has 2 rings (SSSR count). The van der Waals surface area contributed by atoms with E-state index in [9.17, 15) is 34.8 Å². The van der Waals surface area contributed by atoms with E-state index in [0.29, 0.717) is 18.4 Å². The third-order valence-corrected chi connectivity index (χ3v) is 6.98. The summed E-state index contributed by atoms with van der Waals surface area (Å²) in [5, 5.41) is 41.4. The Balaban J connectivity index is 1.67. The van der Waals surface area contributed by atoms with E-state index in [4.69, 9.17) is 14.2 Å². The fourth-order valence-electron chi connectivity index (χ4n) is 4.43. The number of unbranched alkanes of at least 4 members (excludes halogenated alkanes) is 5. The van der Waals surface area contributed by atoms with Crippen LogP contribution in [0.3, 0.4) is 0 Å². The summed E-state index contributed by atoms with van der Waals surface area (Å²) in [7, 11) is 0. The van der Waals surface area contributed by atoms with Crippen LogP contribution in [-0.4, -0.2) is 82.4 Å². The van der Waals surface area contributed by atoms with Gasteiger partial charge in [0.2, 0.25) is 0 Å². The zero-order chi connectivity index (χ0) is 26.9. The molecule has 7 atom stereocenters. The van der Waals surface area contributed by atoms with Crippen molar-refractivity contribution in [1.29, 1.82) is 0 Å². The largest absolute Gasteiger partial charge is 0.550 e. The van der Waals surface area contributed by atoms with Crippen LogP contribution in [0.1, 0.15) is 78.6 Å². The molecule has 10 heteroatoms. The summed E-state index contributed by atoms with van der Waals surface area (Å²) in [6, 6.07) is 0. The number of rotatable bonds is 16. The topological polar surface area (TPSA) is 166 Å². The number of carboxylic acid groups (broad SMARTS) is 1. The molecular formula is C26H41O10-. The molecule has 2 fully saturated rings. The molecule has 0 radical (unpaired) electrons. The molecule has 0 bridgehead atoms. The Morgan fingerprint density at radius 2 is 1.83 bits per heavy atom. The van der Waals surface area contributed by atoms with Crippen molar-refractivity contribution in [1.82, 2.24) is 0 Å². The van der Waals surface area contributed by atoms with E-state index in [1.54, 1.807) is 13.8 Å². The number of aliphatic carboxylic acids is 1. The number of aliphatic hydroxyl groups excluding tert-OH is 2. The lowest BCUT2D eigenvalue weighted by Crippen LogP contribution is -2.59. The second kappa shape index (κ2) is 14.2. The molecule has 2 aliphatic rings. The number of epoxide rings is 1. The standard InChI is InChI=1S/C26H42O10/c1-16(13-22(30)34-11-9-7-5-4-6-8-10-21(28)29)12-19-23(31)25(32)26(33,15-35-19)14-20-24(36-20)17(2)18(3)27/h13,17-20,24-25,27,32-33H,4-12,14-15H2,1-3H3,(H,28,29)/p-1/b16-13+/t17-,18-,19-,20?,24?,25-,26+/m0/s1. The first-order valence-corrected chi connectivity index (χ1v) is 12.9. The van der Waals surface area contributed by atoms with Crippen molar-refractivity contribution >= 4 is 17.7 Å². The van der Waals surface area contributed by atoms with E-state index in [-0.39, 0.29) is 50.6 Å². The first-order valence-electron chi connectivity index (χ1n) is 12.9. The molecule has 2 saturated heterocycles. The maximum absolute atomic E-state index is 12.7. The number of hydrogen-bond acceptors (Lipinski definition) is 10. The molecule has 0 saturated carbocycles. The predicted octanol–water partition coefficient (Wildman–Crippen LogP) is 0.581. The summed E-state index contributed by atoms with van der Waals surface area (Å²) in [5.41, 5.74) is -1.21. The molecule has 2 heterocycles. The fourth-order valence-corrected chi connectivity index (χ4v) is 4.43. The van der Waals surface area contributed by atoms with Crippen LogP contribution in [0.2, 0.25) is 0 Å². The van der Waals surface area contributed by atoms with Crippen LogP contribution < -0.4 is 5.11 Å². The number of ketones is 1. The molecule has 2 unspecified atom stereocenters. The molecule has 0 aromatic rings. The third-order valence-electron chi connectivity index (χ3n) is 6.98. The number of carbonyl (C=O) groups is 3. The number of Topliss-reactive ketones (excluding diaryl/α,β-unsaturated/α-hetero) is 1. The zero-order valence-electron chi connectivity index (χ0n) is 21.5. The lowest BCUT2D eigenvalue weighted by Gasteiger charge is -2.39. The SMILES string of the molecule is C/C(=C\C(=O)OCCCCCCCCC(=O)[O-])C[C@@H]1OC[C@](O)(CC2OC2[C@@H](C)[C@H](C)O)[C@@H](O)C1=O.